The minimum Gasteiger partial charge on any atom is -0.459 e. The van der Waals surface area contributed by atoms with Gasteiger partial charge < -0.3 is 58.1 Å². The highest BCUT2D eigenvalue weighted by Gasteiger charge is 2.71. The number of ether oxygens (including phenoxy) is 8. The largest absolute Gasteiger partial charge is 0.459 e. The molecule has 50 heavy (non-hydrogen) atoms. The Balaban J connectivity index is 1.62. The van der Waals surface area contributed by atoms with Gasteiger partial charge in [-0.2, -0.15) is 0 Å². The fourth-order valence-corrected chi connectivity index (χ4v) is 9.81. The molecule has 5 saturated heterocycles. The van der Waals surface area contributed by atoms with Gasteiger partial charge in [0.15, 0.2) is 18.4 Å². The molecule has 19 atom stereocenters. The molecule has 290 valence electrons. The Hall–Kier alpha value is -0.970. The molecule has 0 aliphatic carbocycles. The van der Waals surface area contributed by atoms with Crippen molar-refractivity contribution in [2.75, 3.05) is 21.2 Å². The first kappa shape index (κ1) is 40.2. The number of hydrogen-bond donors (Lipinski definition) is 3. The zero-order valence-electron chi connectivity index (χ0n) is 32.5. The minimum atomic E-state index is -1.25. The summed E-state index contributed by atoms with van der Waals surface area (Å²) in [5.74, 6) is -3.80. The van der Waals surface area contributed by atoms with E-state index < -0.39 is 102 Å². The molecule has 0 saturated carbocycles. The van der Waals surface area contributed by atoms with Gasteiger partial charge in [-0.1, -0.05) is 27.7 Å². The van der Waals surface area contributed by atoms with Crippen molar-refractivity contribution in [3.8, 4) is 0 Å². The number of carbonyl (C=O) groups excluding carboxylic acids is 1. The van der Waals surface area contributed by atoms with Gasteiger partial charge in [0.2, 0.25) is 0 Å². The molecule has 13 heteroatoms. The van der Waals surface area contributed by atoms with E-state index >= 15 is 0 Å². The van der Waals surface area contributed by atoms with Crippen LogP contribution in [0.4, 0.5) is 0 Å². The Morgan fingerprint density at radius 1 is 0.920 bits per heavy atom. The van der Waals surface area contributed by atoms with Crippen LogP contribution in [-0.4, -0.2) is 137 Å². The normalized spacial score (nSPS) is 54.7. The van der Waals surface area contributed by atoms with Crippen molar-refractivity contribution in [2.24, 2.45) is 23.7 Å². The Bertz CT molecular complexity index is 1210. The molecule has 1 spiro atoms. The summed E-state index contributed by atoms with van der Waals surface area (Å²) < 4.78 is 52.3. The van der Waals surface area contributed by atoms with Crippen LogP contribution >= 0.6 is 0 Å². The summed E-state index contributed by atoms with van der Waals surface area (Å²) >= 11 is 0. The van der Waals surface area contributed by atoms with Crippen molar-refractivity contribution in [3.05, 3.63) is 0 Å². The first-order valence-electron chi connectivity index (χ1n) is 18.7. The van der Waals surface area contributed by atoms with Gasteiger partial charge in [-0.15, -0.1) is 0 Å². The summed E-state index contributed by atoms with van der Waals surface area (Å²) in [6.45, 7) is 18.9. The highest BCUT2D eigenvalue weighted by molar-refractivity contribution is 5.73. The molecular weight excluding hydrogens is 650 g/mol. The van der Waals surface area contributed by atoms with Crippen molar-refractivity contribution in [2.45, 2.75) is 185 Å². The van der Waals surface area contributed by atoms with E-state index in [2.05, 4.69) is 6.92 Å². The lowest BCUT2D eigenvalue weighted by atomic mass is 9.77. The fraction of sp³-hybridized carbons (Fsp3) is 0.973. The molecule has 5 aliphatic rings. The van der Waals surface area contributed by atoms with Crippen LogP contribution in [0.15, 0.2) is 0 Å². The molecule has 0 aromatic rings. The van der Waals surface area contributed by atoms with Crippen molar-refractivity contribution in [1.29, 1.82) is 0 Å². The molecule has 0 radical (unpaired) electrons. The Labute approximate surface area is 298 Å². The maximum Gasteiger partial charge on any atom is 0.311 e. The van der Waals surface area contributed by atoms with Gasteiger partial charge in [0.05, 0.1) is 47.6 Å². The quantitative estimate of drug-likeness (QED) is 0.331. The fourth-order valence-electron chi connectivity index (χ4n) is 9.81. The van der Waals surface area contributed by atoms with Gasteiger partial charge in [0.1, 0.15) is 23.9 Å². The average molecular weight is 716 g/mol. The number of methoxy groups -OCH3 is 1. The van der Waals surface area contributed by atoms with E-state index in [1.165, 1.54) is 0 Å². The predicted molar refractivity (Wildman–Crippen MR) is 182 cm³/mol. The second-order valence-electron chi connectivity index (χ2n) is 16.9. The minimum absolute atomic E-state index is 0.194. The Morgan fingerprint density at radius 3 is 2.18 bits per heavy atom. The molecule has 2 unspecified atom stereocenters. The molecule has 0 amide bonds. The summed E-state index contributed by atoms with van der Waals surface area (Å²) in [6, 6.07) is -0.218. The van der Waals surface area contributed by atoms with E-state index in [1.807, 2.05) is 60.5 Å². The standard InChI is InChI=1S/C37H65NO12/c1-14-25-36(10)29(40)22(6)37(50-36)18(2)16-35(9,49-37)31(48-33-27(39)24(38(11)12)15-19(3)44-33)20(4)28(21(5)32(42)46-25)47-26-17-34(8,43-13)30(41)23(7)45-26/h18-31,33,39-41H,14-17H2,1-13H3/t18?,19-,20+,21-,22-,23+,24+,25-,26+,27-,28+,29-,30+,31-,33+,34-,35-,36-,37?/m1/s1. The molecule has 5 heterocycles. The van der Waals surface area contributed by atoms with Crippen molar-refractivity contribution in [1.82, 2.24) is 4.90 Å². The molecule has 13 nitrogen and oxygen atoms in total. The summed E-state index contributed by atoms with van der Waals surface area (Å²) in [4.78, 5) is 16.2. The van der Waals surface area contributed by atoms with Gasteiger partial charge in [-0.05, 0) is 74.9 Å². The van der Waals surface area contributed by atoms with E-state index in [-0.39, 0.29) is 24.5 Å². The summed E-state index contributed by atoms with van der Waals surface area (Å²) in [5.41, 5.74) is -3.25. The van der Waals surface area contributed by atoms with Crippen molar-refractivity contribution >= 4 is 5.97 Å². The molecular formula is C37H65NO12. The maximum absolute atomic E-state index is 14.2. The highest BCUT2D eigenvalue weighted by Crippen LogP contribution is 2.59. The molecule has 3 N–H and O–H groups in total. The van der Waals surface area contributed by atoms with Gasteiger partial charge in [0, 0.05) is 37.3 Å². The maximum atomic E-state index is 14.2. The van der Waals surface area contributed by atoms with Gasteiger partial charge >= 0.3 is 5.97 Å². The topological polar surface area (TPSA) is 155 Å². The zero-order valence-corrected chi connectivity index (χ0v) is 32.5. The third-order valence-electron chi connectivity index (χ3n) is 12.9. The third kappa shape index (κ3) is 6.69. The van der Waals surface area contributed by atoms with Crippen LogP contribution in [-0.2, 0) is 42.7 Å². The number of esters is 1. The number of nitrogens with zero attached hydrogens (tertiary/aromatic N) is 1. The Kier molecular flexibility index (Phi) is 11.5. The lowest BCUT2D eigenvalue weighted by Gasteiger charge is -2.49. The van der Waals surface area contributed by atoms with Crippen molar-refractivity contribution < 1.29 is 58.0 Å². The smallest absolute Gasteiger partial charge is 0.311 e. The van der Waals surface area contributed by atoms with Gasteiger partial charge in [-0.3, -0.25) is 4.79 Å². The second kappa shape index (κ2) is 14.4. The molecule has 5 rings (SSSR count). The number of fused-ring (bicyclic) bond motifs is 2. The van der Waals surface area contributed by atoms with E-state index in [0.717, 1.165) is 0 Å². The van der Waals surface area contributed by atoms with E-state index in [1.54, 1.807) is 27.9 Å². The predicted octanol–water partition coefficient (Wildman–Crippen LogP) is 2.99. The lowest BCUT2D eigenvalue weighted by Crippen LogP contribution is -2.61. The van der Waals surface area contributed by atoms with E-state index in [0.29, 0.717) is 19.3 Å². The van der Waals surface area contributed by atoms with Crippen LogP contribution in [0.1, 0.15) is 94.9 Å². The van der Waals surface area contributed by atoms with Crippen LogP contribution in [0.25, 0.3) is 0 Å². The molecule has 0 aromatic heterocycles. The number of hydrogen-bond acceptors (Lipinski definition) is 13. The van der Waals surface area contributed by atoms with Crippen LogP contribution in [0.2, 0.25) is 0 Å². The Morgan fingerprint density at radius 2 is 1.58 bits per heavy atom. The third-order valence-corrected chi connectivity index (χ3v) is 12.9. The lowest BCUT2D eigenvalue weighted by molar-refractivity contribution is -0.344. The van der Waals surface area contributed by atoms with E-state index in [9.17, 15) is 20.1 Å². The molecule has 5 fully saturated rings. The van der Waals surface area contributed by atoms with Crippen molar-refractivity contribution in [3.63, 3.8) is 0 Å². The zero-order chi connectivity index (χ0) is 37.3. The highest BCUT2D eigenvalue weighted by atomic mass is 16.8. The van der Waals surface area contributed by atoms with Crippen LogP contribution in [0.3, 0.4) is 0 Å². The number of likely N-dealkylation sites (N-methyl/N-ethyl adjacent to an activating group) is 1. The summed E-state index contributed by atoms with van der Waals surface area (Å²) in [6.07, 6.45) is -6.22. The van der Waals surface area contributed by atoms with Crippen LogP contribution < -0.4 is 0 Å². The molecule has 5 aliphatic heterocycles. The monoisotopic (exact) mass is 715 g/mol. The number of cyclic esters (lactones) is 1. The number of carbonyl (C=O) groups is 1. The first-order chi connectivity index (χ1) is 23.2. The van der Waals surface area contributed by atoms with Gasteiger partial charge in [-0.25, -0.2) is 0 Å². The SMILES string of the molecule is CC[C@H]1OC(=O)[C@H](C)[C@@H](O[C@H]2C[C@@](C)(OC)[C@@H](O)[C@H](C)O2)[C@H](C)[C@@H](O[C@@H]2O[C@H](C)C[C@H](N(C)C)[C@H]2O)[C@@]2(C)CC(C)C3(O[C@@]1(C)[C@H](O)[C@H]3C)O2. The molecule has 0 aromatic carbocycles. The number of aliphatic hydroxyl groups is 3. The summed E-state index contributed by atoms with van der Waals surface area (Å²) in [7, 11) is 5.39. The van der Waals surface area contributed by atoms with E-state index in [4.69, 9.17) is 37.9 Å². The van der Waals surface area contributed by atoms with Crippen LogP contribution in [0.5, 0.6) is 0 Å². The number of aliphatic hydroxyl groups excluding tert-OH is 3. The number of rotatable bonds is 7. The second-order valence-corrected chi connectivity index (χ2v) is 16.9. The summed E-state index contributed by atoms with van der Waals surface area (Å²) in [5, 5.41) is 34.4. The first-order valence-corrected chi connectivity index (χ1v) is 18.7. The van der Waals surface area contributed by atoms with Gasteiger partial charge in [0.25, 0.3) is 0 Å². The molecule has 3 bridgehead atoms. The van der Waals surface area contributed by atoms with Crippen LogP contribution in [0, 0.1) is 23.7 Å². The average Bonchev–Trinajstić information content (AvgIpc) is 3.42.